The monoisotopic (exact) mass is 424 g/mol. The summed E-state index contributed by atoms with van der Waals surface area (Å²) in [6, 6.07) is 7.93. The highest BCUT2D eigenvalue weighted by atomic mass is 79.9. The predicted molar refractivity (Wildman–Crippen MR) is 92.4 cm³/mol. The van der Waals surface area contributed by atoms with E-state index in [2.05, 4.69) is 37.0 Å². The van der Waals surface area contributed by atoms with Gasteiger partial charge in [-0.15, -0.1) is 11.3 Å². The number of rotatable bonds is 3. The van der Waals surface area contributed by atoms with Crippen LogP contribution < -0.4 is 0 Å². The summed E-state index contributed by atoms with van der Waals surface area (Å²) >= 11 is 8.51. The third-order valence-electron chi connectivity index (χ3n) is 3.11. The van der Waals surface area contributed by atoms with Gasteiger partial charge in [0.25, 0.3) is 0 Å². The summed E-state index contributed by atoms with van der Waals surface area (Å²) in [5.41, 5.74) is 3.33. The lowest BCUT2D eigenvalue weighted by molar-refractivity contribution is 0.112. The number of thiophene rings is 1. The number of benzene rings is 1. The SMILES string of the molecule is Cc1cc(Br)ccc1-n1cc(C=O)c(-c2sccc2Br)n1. The summed E-state index contributed by atoms with van der Waals surface area (Å²) < 4.78 is 3.73. The van der Waals surface area contributed by atoms with Gasteiger partial charge < -0.3 is 0 Å². The second-order valence-electron chi connectivity index (χ2n) is 4.52. The minimum Gasteiger partial charge on any atom is -0.298 e. The van der Waals surface area contributed by atoms with E-state index >= 15 is 0 Å². The lowest BCUT2D eigenvalue weighted by Gasteiger charge is -2.05. The van der Waals surface area contributed by atoms with Crippen LogP contribution in [-0.2, 0) is 0 Å². The molecule has 0 amide bonds. The van der Waals surface area contributed by atoms with Gasteiger partial charge in [0, 0.05) is 15.1 Å². The molecule has 0 saturated heterocycles. The molecule has 0 unspecified atom stereocenters. The Morgan fingerprint density at radius 3 is 2.71 bits per heavy atom. The minimum atomic E-state index is 0.584. The largest absolute Gasteiger partial charge is 0.298 e. The first kappa shape index (κ1) is 14.7. The first-order chi connectivity index (χ1) is 10.1. The van der Waals surface area contributed by atoms with Crippen molar-refractivity contribution in [2.45, 2.75) is 6.92 Å². The van der Waals surface area contributed by atoms with E-state index in [0.29, 0.717) is 11.3 Å². The van der Waals surface area contributed by atoms with Crippen LogP contribution in [0.4, 0.5) is 0 Å². The van der Waals surface area contributed by atoms with Crippen molar-refractivity contribution >= 4 is 49.5 Å². The molecule has 0 aliphatic heterocycles. The van der Waals surface area contributed by atoms with Gasteiger partial charge in [-0.2, -0.15) is 5.10 Å². The average Bonchev–Trinajstić information content (AvgIpc) is 3.04. The van der Waals surface area contributed by atoms with E-state index in [0.717, 1.165) is 31.4 Å². The maximum absolute atomic E-state index is 11.3. The number of aromatic nitrogens is 2. The van der Waals surface area contributed by atoms with E-state index in [1.807, 2.05) is 36.6 Å². The molecule has 21 heavy (non-hydrogen) atoms. The summed E-state index contributed by atoms with van der Waals surface area (Å²) in [6.07, 6.45) is 2.61. The quantitative estimate of drug-likeness (QED) is 0.537. The third-order valence-corrected chi connectivity index (χ3v) is 5.45. The van der Waals surface area contributed by atoms with E-state index in [1.165, 1.54) is 0 Å². The second-order valence-corrected chi connectivity index (χ2v) is 7.21. The van der Waals surface area contributed by atoms with Gasteiger partial charge in [0.1, 0.15) is 5.69 Å². The zero-order valence-electron chi connectivity index (χ0n) is 11.0. The van der Waals surface area contributed by atoms with Gasteiger partial charge in [-0.25, -0.2) is 4.68 Å². The van der Waals surface area contributed by atoms with Crippen molar-refractivity contribution < 1.29 is 4.79 Å². The van der Waals surface area contributed by atoms with Crippen LogP contribution in [0.2, 0.25) is 0 Å². The Hall–Kier alpha value is -1.24. The van der Waals surface area contributed by atoms with Gasteiger partial charge in [-0.05, 0) is 58.1 Å². The van der Waals surface area contributed by atoms with Gasteiger partial charge >= 0.3 is 0 Å². The number of carbonyl (C=O) groups is 1. The molecule has 0 saturated carbocycles. The fraction of sp³-hybridized carbons (Fsp3) is 0.0667. The topological polar surface area (TPSA) is 34.9 Å². The predicted octanol–water partition coefficient (Wildman–Crippen LogP) is 5.25. The molecule has 0 spiro atoms. The zero-order chi connectivity index (χ0) is 15.0. The second kappa shape index (κ2) is 5.87. The average molecular weight is 426 g/mol. The maximum Gasteiger partial charge on any atom is 0.153 e. The van der Waals surface area contributed by atoms with Gasteiger partial charge in [0.2, 0.25) is 0 Å². The number of aldehydes is 1. The van der Waals surface area contributed by atoms with Gasteiger partial charge in [0.15, 0.2) is 6.29 Å². The molecule has 0 radical (unpaired) electrons. The Balaban J connectivity index is 2.16. The molecule has 3 nitrogen and oxygen atoms in total. The van der Waals surface area contributed by atoms with Crippen molar-refractivity contribution in [1.82, 2.24) is 9.78 Å². The molecule has 106 valence electrons. The Bertz CT molecular complexity index is 823. The Kier molecular flexibility index (Phi) is 4.10. The van der Waals surface area contributed by atoms with Gasteiger partial charge in [-0.3, -0.25) is 4.79 Å². The Labute approximate surface area is 142 Å². The van der Waals surface area contributed by atoms with Gasteiger partial charge in [-0.1, -0.05) is 15.9 Å². The number of hydrogen-bond acceptors (Lipinski definition) is 3. The lowest BCUT2D eigenvalue weighted by atomic mass is 10.2. The Morgan fingerprint density at radius 2 is 2.10 bits per heavy atom. The Morgan fingerprint density at radius 1 is 1.29 bits per heavy atom. The molecule has 0 bridgehead atoms. The number of hydrogen-bond donors (Lipinski definition) is 0. The van der Waals surface area contributed by atoms with E-state index in [-0.39, 0.29) is 0 Å². The first-order valence-corrected chi connectivity index (χ1v) is 8.61. The van der Waals surface area contributed by atoms with Crippen molar-refractivity contribution in [1.29, 1.82) is 0 Å². The fourth-order valence-electron chi connectivity index (χ4n) is 2.11. The van der Waals surface area contributed by atoms with Crippen molar-refractivity contribution in [3.05, 3.63) is 55.9 Å². The summed E-state index contributed by atoms with van der Waals surface area (Å²) in [5.74, 6) is 0. The van der Waals surface area contributed by atoms with Crippen LogP contribution in [0.5, 0.6) is 0 Å². The van der Waals surface area contributed by atoms with Crippen molar-refractivity contribution in [3.63, 3.8) is 0 Å². The molecule has 2 heterocycles. The first-order valence-electron chi connectivity index (χ1n) is 6.15. The summed E-state index contributed by atoms with van der Waals surface area (Å²) in [4.78, 5) is 12.3. The van der Waals surface area contributed by atoms with Crippen LogP contribution in [0.25, 0.3) is 16.3 Å². The van der Waals surface area contributed by atoms with E-state index in [4.69, 9.17) is 0 Å². The molecule has 2 aromatic heterocycles. The molecule has 0 atom stereocenters. The molecular formula is C15H10Br2N2OS. The molecule has 0 aliphatic rings. The highest BCUT2D eigenvalue weighted by Crippen LogP contribution is 2.34. The summed E-state index contributed by atoms with van der Waals surface area (Å²) in [5, 5.41) is 6.57. The van der Waals surface area contributed by atoms with Crippen LogP contribution in [0.1, 0.15) is 15.9 Å². The van der Waals surface area contributed by atoms with Crippen LogP contribution in [0, 0.1) is 6.92 Å². The molecule has 0 N–H and O–H groups in total. The molecule has 6 heteroatoms. The highest BCUT2D eigenvalue weighted by molar-refractivity contribution is 9.10. The van der Waals surface area contributed by atoms with E-state index in [9.17, 15) is 4.79 Å². The number of halogens is 2. The minimum absolute atomic E-state index is 0.584. The van der Waals surface area contributed by atoms with Crippen LogP contribution >= 0.6 is 43.2 Å². The standard InChI is InChI=1S/C15H10Br2N2OS/c1-9-6-11(16)2-3-13(9)19-7-10(8-20)14(18-19)15-12(17)4-5-21-15/h2-8H,1H3. The normalized spacial score (nSPS) is 10.8. The maximum atomic E-state index is 11.3. The number of nitrogens with zero attached hydrogens (tertiary/aromatic N) is 2. The smallest absolute Gasteiger partial charge is 0.153 e. The van der Waals surface area contributed by atoms with Crippen molar-refractivity contribution in [2.75, 3.05) is 0 Å². The zero-order valence-corrected chi connectivity index (χ0v) is 15.0. The molecule has 3 aromatic rings. The van der Waals surface area contributed by atoms with Gasteiger partial charge in [0.05, 0.1) is 16.1 Å². The molecule has 3 rings (SSSR count). The summed E-state index contributed by atoms with van der Waals surface area (Å²) in [7, 11) is 0. The molecular weight excluding hydrogens is 416 g/mol. The molecule has 0 fully saturated rings. The molecule has 0 aliphatic carbocycles. The number of aryl methyl sites for hydroxylation is 1. The van der Waals surface area contributed by atoms with E-state index < -0.39 is 0 Å². The van der Waals surface area contributed by atoms with Crippen LogP contribution in [-0.4, -0.2) is 16.1 Å². The fourth-order valence-corrected chi connectivity index (χ4v) is 4.15. The highest BCUT2D eigenvalue weighted by Gasteiger charge is 2.16. The number of carbonyl (C=O) groups excluding carboxylic acids is 1. The van der Waals surface area contributed by atoms with Crippen molar-refractivity contribution in [3.8, 4) is 16.3 Å². The van der Waals surface area contributed by atoms with Crippen molar-refractivity contribution in [2.24, 2.45) is 0 Å². The molecule has 1 aromatic carbocycles. The third kappa shape index (κ3) is 2.75. The van der Waals surface area contributed by atoms with Crippen LogP contribution in [0.3, 0.4) is 0 Å². The summed E-state index contributed by atoms with van der Waals surface area (Å²) in [6.45, 7) is 2.02. The lowest BCUT2D eigenvalue weighted by Crippen LogP contribution is -1.97. The van der Waals surface area contributed by atoms with Crippen LogP contribution in [0.15, 0.2) is 44.8 Å². The van der Waals surface area contributed by atoms with E-state index in [1.54, 1.807) is 22.2 Å².